The molecule has 0 bridgehead atoms. The molecule has 0 N–H and O–H groups in total. The number of hydrogen-bond donors (Lipinski definition) is 0. The van der Waals surface area contributed by atoms with Gasteiger partial charge in [0.1, 0.15) is 0 Å². The third-order valence-corrected chi connectivity index (χ3v) is 13.7. The van der Waals surface area contributed by atoms with Gasteiger partial charge in [-0.2, -0.15) is 0 Å². The van der Waals surface area contributed by atoms with E-state index in [-0.39, 0.29) is 5.41 Å². The summed E-state index contributed by atoms with van der Waals surface area (Å²) >= 11 is 0. The quantitative estimate of drug-likeness (QED) is 0.167. The highest BCUT2D eigenvalue weighted by atomic mass is 15.0. The van der Waals surface area contributed by atoms with E-state index >= 15 is 0 Å². The molecular formula is C61H42N4. The van der Waals surface area contributed by atoms with Crippen LogP contribution >= 0.6 is 0 Å². The molecule has 306 valence electrons. The predicted molar refractivity (Wildman–Crippen MR) is 270 cm³/mol. The molecule has 3 heterocycles. The second kappa shape index (κ2) is 14.3. The first-order valence-electron chi connectivity index (χ1n) is 22.4. The number of hydrogen-bond acceptors (Lipinski definition) is 2. The zero-order chi connectivity index (χ0) is 43.2. The normalized spacial score (nSPS) is 12.9. The first kappa shape index (κ1) is 37.2. The Morgan fingerprint density at radius 3 is 1.60 bits per heavy atom. The van der Waals surface area contributed by atoms with Gasteiger partial charge in [0.05, 0.1) is 33.5 Å². The summed E-state index contributed by atoms with van der Waals surface area (Å²) in [5.41, 5.74) is 19.4. The second-order valence-electron chi connectivity index (χ2n) is 17.8. The predicted octanol–water partition coefficient (Wildman–Crippen LogP) is 15.6. The summed E-state index contributed by atoms with van der Waals surface area (Å²) in [4.78, 5) is 10.3. The van der Waals surface area contributed by atoms with Crippen molar-refractivity contribution in [3.8, 4) is 67.5 Å². The molecule has 0 saturated heterocycles. The smallest absolute Gasteiger partial charge is 0.160 e. The van der Waals surface area contributed by atoms with Crippen molar-refractivity contribution in [2.75, 3.05) is 0 Å². The van der Waals surface area contributed by atoms with E-state index in [4.69, 9.17) is 9.97 Å². The molecule has 65 heavy (non-hydrogen) atoms. The lowest BCUT2D eigenvalue weighted by Gasteiger charge is -2.23. The van der Waals surface area contributed by atoms with Gasteiger partial charge in [0, 0.05) is 60.6 Å². The molecule has 3 aromatic heterocycles. The Bertz CT molecular complexity index is 3760. The molecule has 0 radical (unpaired) electrons. The summed E-state index contributed by atoms with van der Waals surface area (Å²) in [6, 6.07) is 78.8. The lowest BCUT2D eigenvalue weighted by molar-refractivity contribution is 0.661. The van der Waals surface area contributed by atoms with Crippen LogP contribution in [0.3, 0.4) is 0 Å². The summed E-state index contributed by atoms with van der Waals surface area (Å²) in [5, 5.41) is 4.97. The van der Waals surface area contributed by atoms with Gasteiger partial charge in [-0.15, -0.1) is 0 Å². The number of benzene rings is 9. The van der Waals surface area contributed by atoms with Gasteiger partial charge in [-0.3, -0.25) is 0 Å². The Labute approximate surface area is 377 Å². The first-order valence-corrected chi connectivity index (χ1v) is 22.4. The number of rotatable bonds is 6. The van der Waals surface area contributed by atoms with E-state index in [0.717, 1.165) is 39.5 Å². The van der Waals surface area contributed by atoms with Gasteiger partial charge < -0.3 is 9.13 Å². The Morgan fingerprint density at radius 2 is 0.908 bits per heavy atom. The molecule has 0 spiro atoms. The van der Waals surface area contributed by atoms with E-state index < -0.39 is 0 Å². The molecule has 1 aliphatic carbocycles. The Kier molecular flexibility index (Phi) is 8.22. The summed E-state index contributed by atoms with van der Waals surface area (Å²) < 4.78 is 4.93. The van der Waals surface area contributed by atoms with Crippen LogP contribution in [0.15, 0.2) is 218 Å². The molecule has 0 amide bonds. The molecule has 0 aliphatic heterocycles. The highest BCUT2D eigenvalue weighted by Crippen LogP contribution is 2.55. The molecule has 0 fully saturated rings. The van der Waals surface area contributed by atoms with E-state index in [2.05, 4.69) is 229 Å². The third-order valence-electron chi connectivity index (χ3n) is 13.7. The highest BCUT2D eigenvalue weighted by molar-refractivity contribution is 6.22. The number of para-hydroxylation sites is 3. The molecule has 4 heteroatoms. The number of aromatic nitrogens is 4. The first-order chi connectivity index (χ1) is 32.0. The fourth-order valence-electron chi connectivity index (χ4n) is 10.7. The largest absolute Gasteiger partial charge is 0.309 e. The molecular weight excluding hydrogens is 789 g/mol. The SMILES string of the molecule is CC1(C)c2ccccc2-c2c1cc(-c1ccc3c4ccccc4n(-c4ccccc4)c3c1)c1c3ccccc3n(-c3ccc(-c4nc(-c5ccccc5)cc(-c5ccccc5)n4)cc3)c21. The lowest BCUT2D eigenvalue weighted by Crippen LogP contribution is -2.15. The van der Waals surface area contributed by atoms with Gasteiger partial charge in [0.2, 0.25) is 0 Å². The minimum atomic E-state index is -0.222. The fraction of sp³-hybridized carbons (Fsp3) is 0.0492. The fourth-order valence-corrected chi connectivity index (χ4v) is 10.7. The van der Waals surface area contributed by atoms with Crippen molar-refractivity contribution in [2.24, 2.45) is 0 Å². The Balaban J connectivity index is 1.06. The summed E-state index contributed by atoms with van der Waals surface area (Å²) in [6.45, 7) is 4.78. The van der Waals surface area contributed by atoms with Crippen molar-refractivity contribution in [1.82, 2.24) is 19.1 Å². The van der Waals surface area contributed by atoms with E-state index in [9.17, 15) is 0 Å². The molecule has 4 nitrogen and oxygen atoms in total. The molecule has 1 aliphatic rings. The van der Waals surface area contributed by atoms with Crippen LogP contribution in [-0.4, -0.2) is 19.1 Å². The maximum Gasteiger partial charge on any atom is 0.160 e. The zero-order valence-electron chi connectivity index (χ0n) is 36.1. The van der Waals surface area contributed by atoms with Crippen LogP contribution in [0.2, 0.25) is 0 Å². The van der Waals surface area contributed by atoms with E-state index in [1.807, 2.05) is 12.1 Å². The monoisotopic (exact) mass is 830 g/mol. The molecule has 9 aromatic carbocycles. The van der Waals surface area contributed by atoms with Crippen molar-refractivity contribution in [2.45, 2.75) is 19.3 Å². The van der Waals surface area contributed by atoms with Gasteiger partial charge >= 0.3 is 0 Å². The molecule has 0 unspecified atom stereocenters. The maximum atomic E-state index is 5.17. The number of nitrogens with zero attached hydrogens (tertiary/aromatic N) is 4. The standard InChI is InChI=1S/C61H42N4/c1-61(2)50-27-15-12-25-47(50)58-51(61)37-49(42-32-35-46-45-24-13-16-28-54(45)64(56(46)36-42)43-22-10-5-11-23-43)57-48-26-14-17-29-55(48)65(59(57)58)44-33-30-41(31-34-44)60-62-52(39-18-6-3-7-19-39)38-53(63-60)40-20-8-4-9-21-40/h3-38H,1-2H3. The van der Waals surface area contributed by atoms with Crippen LogP contribution in [0.4, 0.5) is 0 Å². The van der Waals surface area contributed by atoms with Crippen molar-refractivity contribution in [3.05, 3.63) is 230 Å². The molecule has 0 saturated carbocycles. The summed E-state index contributed by atoms with van der Waals surface area (Å²) in [5.74, 6) is 0.696. The second-order valence-corrected chi connectivity index (χ2v) is 17.8. The lowest BCUT2D eigenvalue weighted by atomic mass is 9.81. The van der Waals surface area contributed by atoms with Crippen molar-refractivity contribution in [1.29, 1.82) is 0 Å². The van der Waals surface area contributed by atoms with Crippen molar-refractivity contribution < 1.29 is 0 Å². The summed E-state index contributed by atoms with van der Waals surface area (Å²) in [7, 11) is 0. The van der Waals surface area contributed by atoms with Gasteiger partial charge in [0.15, 0.2) is 5.82 Å². The zero-order valence-corrected chi connectivity index (χ0v) is 36.1. The average molecular weight is 831 g/mol. The van der Waals surface area contributed by atoms with Gasteiger partial charge in [-0.25, -0.2) is 9.97 Å². The Morgan fingerprint density at radius 1 is 0.369 bits per heavy atom. The maximum absolute atomic E-state index is 5.17. The van der Waals surface area contributed by atoms with Crippen molar-refractivity contribution in [3.63, 3.8) is 0 Å². The van der Waals surface area contributed by atoms with Crippen LogP contribution in [0.1, 0.15) is 25.0 Å². The molecule has 13 rings (SSSR count). The third kappa shape index (κ3) is 5.70. The van der Waals surface area contributed by atoms with E-state index in [0.29, 0.717) is 5.82 Å². The average Bonchev–Trinajstić information content (AvgIpc) is 3.97. The molecule has 12 aromatic rings. The minimum absolute atomic E-state index is 0.222. The van der Waals surface area contributed by atoms with Gasteiger partial charge in [-0.05, 0) is 94.5 Å². The van der Waals surface area contributed by atoms with Crippen LogP contribution in [0, 0.1) is 0 Å². The van der Waals surface area contributed by atoms with Crippen LogP contribution < -0.4 is 0 Å². The van der Waals surface area contributed by atoms with Crippen LogP contribution in [0.25, 0.3) is 111 Å². The number of fused-ring (bicyclic) bond motifs is 10. The van der Waals surface area contributed by atoms with E-state index in [1.165, 1.54) is 77.0 Å². The Hall–Kier alpha value is -8.34. The minimum Gasteiger partial charge on any atom is -0.309 e. The molecule has 0 atom stereocenters. The van der Waals surface area contributed by atoms with Crippen molar-refractivity contribution >= 4 is 43.6 Å². The van der Waals surface area contributed by atoms with Gasteiger partial charge in [-0.1, -0.05) is 166 Å². The van der Waals surface area contributed by atoms with E-state index in [1.54, 1.807) is 0 Å². The van der Waals surface area contributed by atoms with Gasteiger partial charge in [0.25, 0.3) is 0 Å². The highest BCUT2D eigenvalue weighted by Gasteiger charge is 2.39. The topological polar surface area (TPSA) is 35.6 Å². The summed E-state index contributed by atoms with van der Waals surface area (Å²) in [6.07, 6.45) is 0. The van der Waals surface area contributed by atoms with Crippen LogP contribution in [0.5, 0.6) is 0 Å². The van der Waals surface area contributed by atoms with Crippen LogP contribution in [-0.2, 0) is 5.41 Å².